The predicted octanol–water partition coefficient (Wildman–Crippen LogP) is 0.958. The second-order valence-corrected chi connectivity index (χ2v) is 4.14. The number of nitrogens with zero attached hydrogens (tertiary/aromatic N) is 2. The third kappa shape index (κ3) is 3.33. The quantitative estimate of drug-likeness (QED) is 0.405. The summed E-state index contributed by atoms with van der Waals surface area (Å²) < 4.78 is 13.9. The van der Waals surface area contributed by atoms with Crippen molar-refractivity contribution in [3.8, 4) is 0 Å². The highest BCUT2D eigenvalue weighted by Gasteiger charge is 2.05. The Labute approximate surface area is 106 Å². The molecule has 6 N–H and O–H groups in total. The number of guanidine groups is 2. The minimum atomic E-state index is -0.380. The number of benzene rings is 1. The molecule has 0 spiro atoms. The summed E-state index contributed by atoms with van der Waals surface area (Å²) in [6.07, 6.45) is 0. The summed E-state index contributed by atoms with van der Waals surface area (Å²) >= 11 is 2.05. The fourth-order valence-electron chi connectivity index (χ4n) is 1.07. The van der Waals surface area contributed by atoms with E-state index in [-0.39, 0.29) is 17.7 Å². The number of nitrogens with two attached hydrogens (primary N) is 3. The first-order valence-electron chi connectivity index (χ1n) is 4.29. The number of hydrogen-bond donors (Lipinski definition) is 3. The van der Waals surface area contributed by atoms with Crippen molar-refractivity contribution < 1.29 is 4.39 Å². The van der Waals surface area contributed by atoms with Crippen molar-refractivity contribution in [2.45, 2.75) is 6.92 Å². The van der Waals surface area contributed by atoms with E-state index in [4.69, 9.17) is 17.2 Å². The molecule has 0 aliphatic carbocycles. The monoisotopic (exact) mass is 335 g/mol. The van der Waals surface area contributed by atoms with Gasteiger partial charge in [0.25, 0.3) is 0 Å². The third-order valence-corrected chi connectivity index (χ3v) is 3.08. The maximum Gasteiger partial charge on any atom is 0.223 e. The van der Waals surface area contributed by atoms with Crippen molar-refractivity contribution in [1.29, 1.82) is 0 Å². The highest BCUT2D eigenvalue weighted by Crippen LogP contribution is 2.25. The third-order valence-electron chi connectivity index (χ3n) is 1.68. The molecule has 7 heteroatoms. The van der Waals surface area contributed by atoms with E-state index < -0.39 is 0 Å². The summed E-state index contributed by atoms with van der Waals surface area (Å²) in [5, 5.41) is 0. The minimum absolute atomic E-state index is 0.108. The van der Waals surface area contributed by atoms with Crippen molar-refractivity contribution in [3.05, 3.63) is 27.1 Å². The average molecular weight is 335 g/mol. The van der Waals surface area contributed by atoms with Crippen LogP contribution >= 0.6 is 22.6 Å². The highest BCUT2D eigenvalue weighted by molar-refractivity contribution is 14.1. The molecule has 0 saturated carbocycles. The van der Waals surface area contributed by atoms with Gasteiger partial charge < -0.3 is 17.2 Å². The van der Waals surface area contributed by atoms with E-state index >= 15 is 0 Å². The second-order valence-electron chi connectivity index (χ2n) is 3.06. The Balaban J connectivity index is 3.20. The zero-order chi connectivity index (χ0) is 12.3. The van der Waals surface area contributed by atoms with E-state index in [1.54, 1.807) is 6.92 Å². The van der Waals surface area contributed by atoms with Gasteiger partial charge in [0.2, 0.25) is 5.96 Å². The molecule has 0 aliphatic rings. The predicted molar refractivity (Wildman–Crippen MR) is 70.9 cm³/mol. The Bertz CT molecular complexity index is 465. The zero-order valence-corrected chi connectivity index (χ0v) is 10.7. The summed E-state index contributed by atoms with van der Waals surface area (Å²) in [5.74, 6) is -0.679. The fourth-order valence-corrected chi connectivity index (χ4v) is 1.50. The van der Waals surface area contributed by atoms with Gasteiger partial charge in [-0.25, -0.2) is 9.38 Å². The molecule has 0 heterocycles. The van der Waals surface area contributed by atoms with Crippen LogP contribution in [-0.2, 0) is 0 Å². The van der Waals surface area contributed by atoms with Crippen LogP contribution in [0, 0.1) is 16.3 Å². The number of aliphatic imine (C=N–C) groups is 2. The molecule has 86 valence electrons. The molecule has 1 aromatic carbocycles. The maximum absolute atomic E-state index is 13.1. The molecule has 5 nitrogen and oxygen atoms in total. The molecule has 0 aromatic heterocycles. The zero-order valence-electron chi connectivity index (χ0n) is 8.54. The molecule has 0 fully saturated rings. The summed E-state index contributed by atoms with van der Waals surface area (Å²) in [4.78, 5) is 7.47. The molecule has 0 saturated heterocycles. The SMILES string of the molecule is Cc1cc(F)cc(N=C(N)N=C(N)N)c1I. The van der Waals surface area contributed by atoms with Crippen LogP contribution in [-0.4, -0.2) is 11.9 Å². The van der Waals surface area contributed by atoms with Crippen molar-refractivity contribution in [2.75, 3.05) is 0 Å². The Hall–Kier alpha value is -1.38. The molecule has 0 radical (unpaired) electrons. The molecule has 0 atom stereocenters. The van der Waals surface area contributed by atoms with Crippen LogP contribution in [0.4, 0.5) is 10.1 Å². The summed E-state index contributed by atoms with van der Waals surface area (Å²) in [5.41, 5.74) is 16.9. The number of halogens is 2. The van der Waals surface area contributed by atoms with Crippen molar-refractivity contribution in [1.82, 2.24) is 0 Å². The van der Waals surface area contributed by atoms with Gasteiger partial charge in [0.15, 0.2) is 5.96 Å². The normalized spacial score (nSPS) is 11.3. The van der Waals surface area contributed by atoms with Gasteiger partial charge in [-0.3, -0.25) is 0 Å². The molecule has 16 heavy (non-hydrogen) atoms. The van der Waals surface area contributed by atoms with Gasteiger partial charge in [0, 0.05) is 9.64 Å². The van der Waals surface area contributed by atoms with Crippen molar-refractivity contribution in [2.24, 2.45) is 27.2 Å². The van der Waals surface area contributed by atoms with Crippen LogP contribution in [0.15, 0.2) is 22.1 Å². The Kier molecular flexibility index (Phi) is 4.05. The lowest BCUT2D eigenvalue weighted by atomic mass is 10.2. The average Bonchev–Trinajstić information content (AvgIpc) is 2.11. The minimum Gasteiger partial charge on any atom is -0.370 e. The molecule has 1 rings (SSSR count). The lowest BCUT2D eigenvalue weighted by Gasteiger charge is -2.03. The lowest BCUT2D eigenvalue weighted by molar-refractivity contribution is 0.626. The Morgan fingerprint density at radius 3 is 2.50 bits per heavy atom. The Morgan fingerprint density at radius 2 is 1.94 bits per heavy atom. The first-order chi connectivity index (χ1) is 7.40. The van der Waals surface area contributed by atoms with E-state index in [9.17, 15) is 4.39 Å². The first kappa shape index (κ1) is 12.7. The van der Waals surface area contributed by atoms with Gasteiger partial charge in [-0.1, -0.05) is 0 Å². The molecular formula is C9H11FIN5. The van der Waals surface area contributed by atoms with E-state index in [1.165, 1.54) is 12.1 Å². The molecule has 1 aromatic rings. The molecule has 0 aliphatic heterocycles. The molecular weight excluding hydrogens is 324 g/mol. The van der Waals surface area contributed by atoms with Crippen LogP contribution in [0.2, 0.25) is 0 Å². The van der Waals surface area contributed by atoms with E-state index in [2.05, 4.69) is 9.98 Å². The largest absolute Gasteiger partial charge is 0.370 e. The number of aryl methyl sites for hydroxylation is 1. The van der Waals surface area contributed by atoms with Gasteiger partial charge in [-0.2, -0.15) is 4.99 Å². The molecule has 0 bridgehead atoms. The van der Waals surface area contributed by atoms with Gasteiger partial charge >= 0.3 is 0 Å². The molecule has 0 amide bonds. The van der Waals surface area contributed by atoms with Crippen LogP contribution in [0.5, 0.6) is 0 Å². The molecule has 0 unspecified atom stereocenters. The Morgan fingerprint density at radius 1 is 1.31 bits per heavy atom. The van der Waals surface area contributed by atoms with Gasteiger partial charge in [-0.05, 0) is 41.1 Å². The van der Waals surface area contributed by atoms with Crippen molar-refractivity contribution in [3.63, 3.8) is 0 Å². The smallest absolute Gasteiger partial charge is 0.223 e. The van der Waals surface area contributed by atoms with Crippen LogP contribution in [0.3, 0.4) is 0 Å². The topological polar surface area (TPSA) is 103 Å². The lowest BCUT2D eigenvalue weighted by Crippen LogP contribution is -2.26. The van der Waals surface area contributed by atoms with Gasteiger partial charge in [-0.15, -0.1) is 0 Å². The second kappa shape index (κ2) is 5.10. The summed E-state index contributed by atoms with van der Waals surface area (Å²) in [7, 11) is 0. The van der Waals surface area contributed by atoms with Crippen LogP contribution in [0.1, 0.15) is 5.56 Å². The first-order valence-corrected chi connectivity index (χ1v) is 5.37. The number of rotatable bonds is 1. The standard InChI is InChI=1S/C9H11FIN5/c1-4-2-5(10)3-6(7(4)11)15-9(14)16-8(12)13/h2-3H,1H3,(H6,12,13,14,15,16). The van der Waals surface area contributed by atoms with Gasteiger partial charge in [0.05, 0.1) is 5.69 Å². The van der Waals surface area contributed by atoms with Crippen LogP contribution < -0.4 is 17.2 Å². The fraction of sp³-hybridized carbons (Fsp3) is 0.111. The highest BCUT2D eigenvalue weighted by atomic mass is 127. The summed E-state index contributed by atoms with van der Waals surface area (Å²) in [6.45, 7) is 1.78. The maximum atomic E-state index is 13.1. The van der Waals surface area contributed by atoms with Gasteiger partial charge in [0.1, 0.15) is 5.82 Å². The van der Waals surface area contributed by atoms with Crippen LogP contribution in [0.25, 0.3) is 0 Å². The van der Waals surface area contributed by atoms with E-state index in [1.807, 2.05) is 22.6 Å². The summed E-state index contributed by atoms with van der Waals surface area (Å²) in [6, 6.07) is 2.68. The van der Waals surface area contributed by atoms with E-state index in [0.29, 0.717) is 5.69 Å². The van der Waals surface area contributed by atoms with Crippen molar-refractivity contribution >= 4 is 40.2 Å². The van der Waals surface area contributed by atoms with E-state index in [0.717, 1.165) is 9.13 Å². The number of hydrogen-bond acceptors (Lipinski definition) is 1.